The molecule has 3 aromatic carbocycles. The van der Waals surface area contributed by atoms with Crippen LogP contribution in [0, 0.1) is 13.8 Å². The first-order chi connectivity index (χ1) is 15.2. The highest BCUT2D eigenvalue weighted by atomic mass is 35.5. The smallest absolute Gasteiger partial charge is 0.274 e. The number of carbonyl (C=O) groups excluding carboxylic acids is 1. The second-order valence-electron chi connectivity index (χ2n) is 7.37. The second kappa shape index (κ2) is 8.61. The quantitative estimate of drug-likeness (QED) is 0.378. The number of nitrogens with one attached hydrogen (secondary N) is 2. The number of rotatable bonds is 5. The fraction of sp³-hybridized carbons (Fsp3) is 0.0833. The van der Waals surface area contributed by atoms with E-state index in [2.05, 4.69) is 15.0 Å². The number of nitrogens with zero attached hydrogens (tertiary/aromatic N) is 1. The minimum atomic E-state index is -3.78. The maximum absolute atomic E-state index is 12.8. The summed E-state index contributed by atoms with van der Waals surface area (Å²) in [6.45, 7) is 3.69. The first-order valence-corrected chi connectivity index (χ1v) is 11.7. The number of aryl methyl sites for hydroxylation is 2. The van der Waals surface area contributed by atoms with Gasteiger partial charge in [0.2, 0.25) is 0 Å². The summed E-state index contributed by atoms with van der Waals surface area (Å²) in [7, 11) is -3.78. The topological polar surface area (TPSA) is 88.2 Å². The fourth-order valence-electron chi connectivity index (χ4n) is 3.35. The molecule has 0 aliphatic rings. The largest absolute Gasteiger partial charge is 0.321 e. The van der Waals surface area contributed by atoms with Crippen molar-refractivity contribution >= 4 is 49.7 Å². The van der Waals surface area contributed by atoms with Crippen molar-refractivity contribution < 1.29 is 13.2 Å². The van der Waals surface area contributed by atoms with Crippen LogP contribution in [0.4, 0.5) is 11.4 Å². The van der Waals surface area contributed by atoms with Crippen LogP contribution in [0.25, 0.3) is 10.8 Å². The number of fused-ring (bicyclic) bond motifs is 1. The highest BCUT2D eigenvalue weighted by Gasteiger charge is 2.17. The maximum atomic E-state index is 12.8. The molecule has 1 aromatic heterocycles. The van der Waals surface area contributed by atoms with E-state index < -0.39 is 15.9 Å². The molecule has 1 heterocycles. The lowest BCUT2D eigenvalue weighted by Crippen LogP contribution is -2.16. The van der Waals surface area contributed by atoms with Gasteiger partial charge in [0.15, 0.2) is 0 Å². The second-order valence-corrected chi connectivity index (χ2v) is 9.41. The average Bonchev–Trinajstić information content (AvgIpc) is 2.77. The lowest BCUT2D eigenvalue weighted by molar-refractivity contribution is 0.102. The van der Waals surface area contributed by atoms with Crippen molar-refractivity contribution in [1.82, 2.24) is 4.98 Å². The molecule has 2 N–H and O–H groups in total. The Hall–Kier alpha value is -3.42. The van der Waals surface area contributed by atoms with Gasteiger partial charge >= 0.3 is 0 Å². The Morgan fingerprint density at radius 1 is 0.906 bits per heavy atom. The summed E-state index contributed by atoms with van der Waals surface area (Å²) < 4.78 is 28.2. The number of hydrogen-bond donors (Lipinski definition) is 2. The normalized spacial score (nSPS) is 11.3. The van der Waals surface area contributed by atoms with Gasteiger partial charge in [0.25, 0.3) is 15.9 Å². The van der Waals surface area contributed by atoms with E-state index in [1.165, 1.54) is 24.3 Å². The number of pyridine rings is 1. The van der Waals surface area contributed by atoms with Gasteiger partial charge in [-0.15, -0.1) is 0 Å². The Morgan fingerprint density at radius 3 is 2.25 bits per heavy atom. The van der Waals surface area contributed by atoms with Gasteiger partial charge in [0.05, 0.1) is 10.6 Å². The molecule has 8 heteroatoms. The number of para-hydroxylation sites is 1. The summed E-state index contributed by atoms with van der Waals surface area (Å²) in [5.41, 5.74) is 2.83. The van der Waals surface area contributed by atoms with Crippen molar-refractivity contribution in [1.29, 1.82) is 0 Å². The zero-order valence-corrected chi connectivity index (χ0v) is 19.0. The van der Waals surface area contributed by atoms with Crippen molar-refractivity contribution in [2.24, 2.45) is 0 Å². The van der Waals surface area contributed by atoms with E-state index in [-0.39, 0.29) is 15.7 Å². The average molecular weight is 466 g/mol. The van der Waals surface area contributed by atoms with Crippen molar-refractivity contribution in [2.45, 2.75) is 18.7 Å². The fourth-order valence-corrected chi connectivity index (χ4v) is 4.82. The van der Waals surface area contributed by atoms with E-state index in [1.54, 1.807) is 6.07 Å². The van der Waals surface area contributed by atoms with Crippen molar-refractivity contribution in [3.05, 3.63) is 94.8 Å². The number of hydrogen-bond acceptors (Lipinski definition) is 4. The molecular formula is C24H20ClN3O3S. The van der Waals surface area contributed by atoms with E-state index in [0.717, 1.165) is 21.9 Å². The molecular weight excluding hydrogens is 446 g/mol. The van der Waals surface area contributed by atoms with E-state index in [9.17, 15) is 13.2 Å². The standard InChI is InChI=1S/C24H20ClN3O3S/c1-15-6-5-7-16(2)22(15)28-32(30,31)19-12-10-18(11-13-19)26-24(29)21-14-17-8-3-4-9-20(17)23(25)27-21/h3-14,28H,1-2H3,(H,26,29). The molecule has 0 saturated heterocycles. The Balaban J connectivity index is 1.53. The summed E-state index contributed by atoms with van der Waals surface area (Å²) in [5, 5.41) is 4.53. The van der Waals surface area contributed by atoms with E-state index in [0.29, 0.717) is 11.4 Å². The van der Waals surface area contributed by atoms with Gasteiger partial charge in [-0.2, -0.15) is 0 Å². The maximum Gasteiger partial charge on any atom is 0.274 e. The van der Waals surface area contributed by atoms with Gasteiger partial charge in [0, 0.05) is 11.1 Å². The molecule has 0 atom stereocenters. The molecule has 0 aliphatic heterocycles. The molecule has 0 saturated carbocycles. The van der Waals surface area contributed by atoms with Crippen molar-refractivity contribution in [2.75, 3.05) is 10.0 Å². The summed E-state index contributed by atoms with van der Waals surface area (Å²) in [6, 6.07) is 20.5. The molecule has 6 nitrogen and oxygen atoms in total. The molecule has 4 aromatic rings. The molecule has 0 unspecified atom stereocenters. The monoisotopic (exact) mass is 465 g/mol. The van der Waals surface area contributed by atoms with Crippen LogP contribution in [0.5, 0.6) is 0 Å². The van der Waals surface area contributed by atoms with Gasteiger partial charge in [-0.3, -0.25) is 9.52 Å². The number of aromatic nitrogens is 1. The van der Waals surface area contributed by atoms with Crippen LogP contribution in [0.3, 0.4) is 0 Å². The van der Waals surface area contributed by atoms with Crippen molar-refractivity contribution in [3.63, 3.8) is 0 Å². The number of benzene rings is 3. The molecule has 32 heavy (non-hydrogen) atoms. The van der Waals surface area contributed by atoms with Crippen LogP contribution in [-0.4, -0.2) is 19.3 Å². The Kier molecular flexibility index (Phi) is 5.86. The Labute approximate surface area is 191 Å². The van der Waals surface area contributed by atoms with Crippen molar-refractivity contribution in [3.8, 4) is 0 Å². The lowest BCUT2D eigenvalue weighted by Gasteiger charge is -2.13. The Bertz CT molecular complexity index is 1410. The number of halogens is 1. The molecule has 0 aliphatic carbocycles. The summed E-state index contributed by atoms with van der Waals surface area (Å²) in [5.74, 6) is -0.443. The van der Waals surface area contributed by atoms with Crippen LogP contribution >= 0.6 is 11.6 Å². The molecule has 0 bridgehead atoms. The third-order valence-corrected chi connectivity index (χ3v) is 6.72. The summed E-state index contributed by atoms with van der Waals surface area (Å²) >= 11 is 6.20. The minimum absolute atomic E-state index is 0.0880. The number of amides is 1. The molecule has 4 rings (SSSR count). The predicted octanol–water partition coefficient (Wildman–Crippen LogP) is 5.56. The Morgan fingerprint density at radius 2 is 1.56 bits per heavy atom. The van der Waals surface area contributed by atoms with Crippen LogP contribution in [0.2, 0.25) is 5.15 Å². The van der Waals surface area contributed by atoms with Gasteiger partial charge in [0.1, 0.15) is 10.8 Å². The predicted molar refractivity (Wildman–Crippen MR) is 128 cm³/mol. The lowest BCUT2D eigenvalue weighted by atomic mass is 10.1. The van der Waals surface area contributed by atoms with Crippen LogP contribution in [0.1, 0.15) is 21.6 Å². The zero-order chi connectivity index (χ0) is 22.9. The van der Waals surface area contributed by atoms with Gasteiger partial charge in [-0.1, -0.05) is 54.1 Å². The molecule has 0 fully saturated rings. The summed E-state index contributed by atoms with van der Waals surface area (Å²) in [6.07, 6.45) is 0. The molecule has 1 amide bonds. The van der Waals surface area contributed by atoms with Gasteiger partial charge in [-0.25, -0.2) is 13.4 Å². The number of anilines is 2. The third kappa shape index (κ3) is 4.44. The molecule has 0 radical (unpaired) electrons. The van der Waals surface area contributed by atoms with Crippen LogP contribution in [0.15, 0.2) is 77.7 Å². The van der Waals surface area contributed by atoms with Gasteiger partial charge in [-0.05, 0) is 60.7 Å². The highest BCUT2D eigenvalue weighted by molar-refractivity contribution is 7.92. The number of carbonyl (C=O) groups is 1. The zero-order valence-electron chi connectivity index (χ0n) is 17.4. The van der Waals surface area contributed by atoms with Crippen LogP contribution in [-0.2, 0) is 10.0 Å². The highest BCUT2D eigenvalue weighted by Crippen LogP contribution is 2.25. The van der Waals surface area contributed by atoms with E-state index in [1.807, 2.05) is 56.3 Å². The minimum Gasteiger partial charge on any atom is -0.321 e. The first kappa shape index (κ1) is 21.8. The van der Waals surface area contributed by atoms with Gasteiger partial charge < -0.3 is 5.32 Å². The number of sulfonamides is 1. The SMILES string of the molecule is Cc1cccc(C)c1NS(=O)(=O)c1ccc(NC(=O)c2cc3ccccc3c(Cl)n2)cc1. The molecule has 0 spiro atoms. The van der Waals surface area contributed by atoms with Crippen LogP contribution < -0.4 is 10.0 Å². The molecule has 162 valence electrons. The van der Waals surface area contributed by atoms with E-state index in [4.69, 9.17) is 11.6 Å². The summed E-state index contributed by atoms with van der Waals surface area (Å²) in [4.78, 5) is 16.9. The third-order valence-electron chi connectivity index (χ3n) is 5.07. The first-order valence-electron chi connectivity index (χ1n) is 9.80. The van der Waals surface area contributed by atoms with E-state index >= 15 is 0 Å².